The van der Waals surface area contributed by atoms with E-state index in [-0.39, 0.29) is 18.8 Å². The van der Waals surface area contributed by atoms with Crippen molar-refractivity contribution in [2.45, 2.75) is 39.0 Å². The molecule has 0 fully saturated rings. The molecule has 0 aliphatic carbocycles. The van der Waals surface area contributed by atoms with Gasteiger partial charge >= 0.3 is 0 Å². The lowest BCUT2D eigenvalue weighted by molar-refractivity contribution is 0.242. The lowest BCUT2D eigenvalue weighted by atomic mass is 10.0. The fourth-order valence-corrected chi connectivity index (χ4v) is 2.44. The summed E-state index contributed by atoms with van der Waals surface area (Å²) >= 11 is 0. The second-order valence-electron chi connectivity index (χ2n) is 5.67. The highest BCUT2D eigenvalue weighted by molar-refractivity contribution is 5.29. The van der Waals surface area contributed by atoms with E-state index >= 15 is 0 Å². The van der Waals surface area contributed by atoms with Gasteiger partial charge in [-0.25, -0.2) is 0 Å². The van der Waals surface area contributed by atoms with Gasteiger partial charge in [0.1, 0.15) is 5.75 Å². The molecular weight excluding hydrogens is 274 g/mol. The van der Waals surface area contributed by atoms with E-state index in [4.69, 9.17) is 4.74 Å². The number of ether oxygens (including phenoxy) is 1. The van der Waals surface area contributed by atoms with Crippen molar-refractivity contribution in [3.05, 3.63) is 65.7 Å². The number of hydrogen-bond acceptors (Lipinski definition) is 3. The zero-order valence-electron chi connectivity index (χ0n) is 13.3. The van der Waals surface area contributed by atoms with Gasteiger partial charge < -0.3 is 15.2 Å². The van der Waals surface area contributed by atoms with Crippen LogP contribution in [0.4, 0.5) is 0 Å². The summed E-state index contributed by atoms with van der Waals surface area (Å²) in [7, 11) is 0. The molecular formula is C19H25NO2. The van der Waals surface area contributed by atoms with Crippen LogP contribution in [0, 0.1) is 0 Å². The Bertz CT molecular complexity index is 554. The summed E-state index contributed by atoms with van der Waals surface area (Å²) in [5.74, 6) is 0.896. The number of hydrogen-bond donors (Lipinski definition) is 2. The highest BCUT2D eigenvalue weighted by Crippen LogP contribution is 2.19. The molecule has 0 spiro atoms. The fourth-order valence-electron chi connectivity index (χ4n) is 2.44. The summed E-state index contributed by atoms with van der Waals surface area (Å²) < 4.78 is 5.73. The number of rotatable bonds is 8. The Kier molecular flexibility index (Phi) is 6.44. The fraction of sp³-hybridized carbons (Fsp3) is 0.368. The van der Waals surface area contributed by atoms with Crippen molar-refractivity contribution in [2.75, 3.05) is 6.61 Å². The molecule has 0 heterocycles. The van der Waals surface area contributed by atoms with Crippen molar-refractivity contribution in [3.8, 4) is 5.75 Å². The van der Waals surface area contributed by atoms with Gasteiger partial charge in [0.25, 0.3) is 0 Å². The molecule has 0 amide bonds. The molecule has 0 radical (unpaired) electrons. The standard InChI is InChI=1S/C19H25NO2/c1-15(2)22-18-10-6-7-16(13-18)14-20-19(11-12-21)17-8-4-3-5-9-17/h3-10,13,15,19-21H,11-12,14H2,1-2H3/t19-/m1/s1. The van der Waals surface area contributed by atoms with Crippen molar-refractivity contribution in [2.24, 2.45) is 0 Å². The molecule has 0 saturated heterocycles. The van der Waals surface area contributed by atoms with Crippen LogP contribution in [0.2, 0.25) is 0 Å². The number of nitrogens with one attached hydrogen (secondary N) is 1. The molecule has 0 aliphatic rings. The molecule has 1 atom stereocenters. The summed E-state index contributed by atoms with van der Waals surface area (Å²) in [4.78, 5) is 0. The highest BCUT2D eigenvalue weighted by Gasteiger charge is 2.10. The smallest absolute Gasteiger partial charge is 0.120 e. The third-order valence-corrected chi connectivity index (χ3v) is 3.44. The van der Waals surface area contributed by atoms with Crippen LogP contribution in [-0.2, 0) is 6.54 Å². The third-order valence-electron chi connectivity index (χ3n) is 3.44. The maximum Gasteiger partial charge on any atom is 0.120 e. The molecule has 3 heteroatoms. The molecule has 0 aliphatic heterocycles. The molecule has 22 heavy (non-hydrogen) atoms. The first-order valence-electron chi connectivity index (χ1n) is 7.84. The van der Waals surface area contributed by atoms with Gasteiger partial charge in [-0.3, -0.25) is 0 Å². The molecule has 2 aromatic carbocycles. The molecule has 2 rings (SSSR count). The molecule has 0 unspecified atom stereocenters. The first-order chi connectivity index (χ1) is 10.7. The SMILES string of the molecule is CC(C)Oc1cccc(CN[C@H](CCO)c2ccccc2)c1. The van der Waals surface area contributed by atoms with Crippen molar-refractivity contribution in [1.29, 1.82) is 0 Å². The van der Waals surface area contributed by atoms with E-state index < -0.39 is 0 Å². The Balaban J connectivity index is 2.00. The van der Waals surface area contributed by atoms with Crippen LogP contribution in [-0.4, -0.2) is 17.8 Å². The zero-order valence-corrected chi connectivity index (χ0v) is 13.3. The molecule has 2 aromatic rings. The van der Waals surface area contributed by atoms with Crippen LogP contribution in [0.15, 0.2) is 54.6 Å². The average Bonchev–Trinajstić information content (AvgIpc) is 2.52. The van der Waals surface area contributed by atoms with E-state index in [1.807, 2.05) is 44.2 Å². The summed E-state index contributed by atoms with van der Waals surface area (Å²) in [5.41, 5.74) is 2.38. The minimum absolute atomic E-state index is 0.154. The van der Waals surface area contributed by atoms with Crippen molar-refractivity contribution in [1.82, 2.24) is 5.32 Å². The van der Waals surface area contributed by atoms with Crippen molar-refractivity contribution < 1.29 is 9.84 Å². The third kappa shape index (κ3) is 5.17. The van der Waals surface area contributed by atoms with Crippen LogP contribution in [0.5, 0.6) is 5.75 Å². The Morgan fingerprint density at radius 3 is 2.50 bits per heavy atom. The van der Waals surface area contributed by atoms with Gasteiger partial charge in [0.2, 0.25) is 0 Å². The quantitative estimate of drug-likeness (QED) is 0.781. The Hall–Kier alpha value is -1.84. The second kappa shape index (κ2) is 8.57. The predicted molar refractivity (Wildman–Crippen MR) is 89.9 cm³/mol. The monoisotopic (exact) mass is 299 g/mol. The number of benzene rings is 2. The largest absolute Gasteiger partial charge is 0.491 e. The molecule has 0 aromatic heterocycles. The van der Waals surface area contributed by atoms with E-state index in [9.17, 15) is 5.11 Å². The average molecular weight is 299 g/mol. The number of aliphatic hydroxyl groups is 1. The van der Waals surface area contributed by atoms with Gasteiger partial charge in [0, 0.05) is 19.2 Å². The Morgan fingerprint density at radius 1 is 1.05 bits per heavy atom. The Morgan fingerprint density at radius 2 is 1.82 bits per heavy atom. The van der Waals surface area contributed by atoms with E-state index in [0.29, 0.717) is 6.42 Å². The lowest BCUT2D eigenvalue weighted by Gasteiger charge is -2.19. The topological polar surface area (TPSA) is 41.5 Å². The van der Waals surface area contributed by atoms with Crippen LogP contribution in [0.3, 0.4) is 0 Å². The van der Waals surface area contributed by atoms with Crippen molar-refractivity contribution in [3.63, 3.8) is 0 Å². The lowest BCUT2D eigenvalue weighted by Crippen LogP contribution is -2.22. The first kappa shape index (κ1) is 16.5. The van der Waals surface area contributed by atoms with Gasteiger partial charge in [-0.1, -0.05) is 42.5 Å². The molecule has 3 nitrogen and oxygen atoms in total. The van der Waals surface area contributed by atoms with Crippen LogP contribution in [0.25, 0.3) is 0 Å². The van der Waals surface area contributed by atoms with E-state index in [0.717, 1.165) is 12.3 Å². The van der Waals surface area contributed by atoms with Gasteiger partial charge in [-0.05, 0) is 43.5 Å². The van der Waals surface area contributed by atoms with Crippen LogP contribution < -0.4 is 10.1 Å². The highest BCUT2D eigenvalue weighted by atomic mass is 16.5. The molecule has 118 valence electrons. The van der Waals surface area contributed by atoms with Gasteiger partial charge in [-0.15, -0.1) is 0 Å². The zero-order chi connectivity index (χ0) is 15.8. The minimum Gasteiger partial charge on any atom is -0.491 e. The van der Waals surface area contributed by atoms with Gasteiger partial charge in [-0.2, -0.15) is 0 Å². The van der Waals surface area contributed by atoms with Gasteiger partial charge in [0.15, 0.2) is 0 Å². The minimum atomic E-state index is 0.154. The first-order valence-corrected chi connectivity index (χ1v) is 7.84. The van der Waals surface area contributed by atoms with Gasteiger partial charge in [0.05, 0.1) is 6.10 Å². The van der Waals surface area contributed by atoms with Crippen LogP contribution in [0.1, 0.15) is 37.4 Å². The van der Waals surface area contributed by atoms with E-state index in [1.54, 1.807) is 0 Å². The van der Waals surface area contributed by atoms with E-state index in [1.165, 1.54) is 11.1 Å². The molecule has 2 N–H and O–H groups in total. The Labute approximate surface area is 133 Å². The van der Waals surface area contributed by atoms with Crippen LogP contribution >= 0.6 is 0 Å². The summed E-state index contributed by atoms with van der Waals surface area (Å²) in [6.45, 7) is 4.97. The van der Waals surface area contributed by atoms with E-state index in [2.05, 4.69) is 29.6 Å². The summed E-state index contributed by atoms with van der Waals surface area (Å²) in [6.07, 6.45) is 0.876. The predicted octanol–water partition coefficient (Wildman–Crippen LogP) is 3.69. The van der Waals surface area contributed by atoms with Crippen molar-refractivity contribution >= 4 is 0 Å². The molecule has 0 saturated carbocycles. The summed E-state index contributed by atoms with van der Waals surface area (Å²) in [6, 6.07) is 18.5. The maximum atomic E-state index is 9.28. The number of aliphatic hydroxyl groups excluding tert-OH is 1. The molecule has 0 bridgehead atoms. The summed E-state index contributed by atoms with van der Waals surface area (Å²) in [5, 5.41) is 12.8. The maximum absolute atomic E-state index is 9.28. The normalized spacial score (nSPS) is 12.4. The second-order valence-corrected chi connectivity index (χ2v) is 5.67.